The molecule has 98 valence electrons. The summed E-state index contributed by atoms with van der Waals surface area (Å²) >= 11 is 0.779. The Labute approximate surface area is 112 Å². The first kappa shape index (κ1) is 13.0. The lowest BCUT2D eigenvalue weighted by molar-refractivity contribution is 0.0671. The summed E-state index contributed by atoms with van der Waals surface area (Å²) in [5, 5.41) is 8.89. The topological polar surface area (TPSA) is 85.7 Å². The monoisotopic (exact) mass is 279 g/mol. The molecule has 6 nitrogen and oxygen atoms in total. The predicted molar refractivity (Wildman–Crippen MR) is 67.0 cm³/mol. The number of hydrogen-bond donors (Lipinski definition) is 1. The third kappa shape index (κ3) is 2.89. The fourth-order valence-corrected chi connectivity index (χ4v) is 1.98. The number of benzene rings is 1. The van der Waals surface area contributed by atoms with Gasteiger partial charge in [-0.25, -0.2) is 9.59 Å². The van der Waals surface area contributed by atoms with Crippen molar-refractivity contribution in [1.82, 2.24) is 4.37 Å². The Kier molecular flexibility index (Phi) is 3.76. The highest BCUT2D eigenvalue weighted by molar-refractivity contribution is 7.08. The van der Waals surface area contributed by atoms with E-state index in [2.05, 4.69) is 4.37 Å². The fourth-order valence-electron chi connectivity index (χ4n) is 1.36. The molecule has 0 saturated heterocycles. The van der Waals surface area contributed by atoms with Crippen LogP contribution in [-0.2, 0) is 0 Å². The van der Waals surface area contributed by atoms with Crippen molar-refractivity contribution in [1.29, 1.82) is 0 Å². The molecule has 0 aliphatic heterocycles. The zero-order valence-electron chi connectivity index (χ0n) is 9.82. The fraction of sp³-hybridized carbons (Fsp3) is 0.0833. The van der Waals surface area contributed by atoms with E-state index in [1.165, 1.54) is 13.2 Å². The van der Waals surface area contributed by atoms with Gasteiger partial charge in [0.25, 0.3) is 0 Å². The highest BCUT2D eigenvalue weighted by atomic mass is 32.1. The molecule has 0 aliphatic rings. The largest absolute Gasteiger partial charge is 0.497 e. The van der Waals surface area contributed by atoms with Crippen LogP contribution in [0.5, 0.6) is 11.5 Å². The van der Waals surface area contributed by atoms with E-state index in [0.717, 1.165) is 17.7 Å². The van der Waals surface area contributed by atoms with Crippen molar-refractivity contribution in [3.05, 3.63) is 40.9 Å². The van der Waals surface area contributed by atoms with Gasteiger partial charge in [-0.15, -0.1) is 0 Å². The second-order valence-corrected chi connectivity index (χ2v) is 4.24. The average Bonchev–Trinajstić information content (AvgIpc) is 2.88. The standard InChI is InChI=1S/C12H9NO5S/c1-17-7-3-2-4-8(5-7)18-12(16)10-9(11(14)15)6-13-19-10/h2-6H,1H3,(H,14,15). The van der Waals surface area contributed by atoms with Crippen LogP contribution in [0.4, 0.5) is 0 Å². The Bertz CT molecular complexity index is 622. The zero-order chi connectivity index (χ0) is 13.8. The first-order valence-corrected chi connectivity index (χ1v) is 5.93. The predicted octanol–water partition coefficient (Wildman–Crippen LogP) is 2.07. The van der Waals surface area contributed by atoms with Crippen molar-refractivity contribution in [2.75, 3.05) is 7.11 Å². The molecule has 1 aromatic heterocycles. The molecule has 0 bridgehead atoms. The average molecular weight is 279 g/mol. The summed E-state index contributed by atoms with van der Waals surface area (Å²) in [4.78, 5) is 22.7. The second kappa shape index (κ2) is 5.49. The lowest BCUT2D eigenvalue weighted by Gasteiger charge is -2.05. The van der Waals surface area contributed by atoms with Crippen LogP contribution in [0.15, 0.2) is 30.5 Å². The van der Waals surface area contributed by atoms with E-state index < -0.39 is 11.9 Å². The van der Waals surface area contributed by atoms with Crippen molar-refractivity contribution in [3.63, 3.8) is 0 Å². The molecule has 0 aliphatic carbocycles. The number of aromatic carboxylic acids is 1. The molecule has 1 heterocycles. The molecule has 1 N–H and O–H groups in total. The minimum Gasteiger partial charge on any atom is -0.497 e. The third-order valence-electron chi connectivity index (χ3n) is 2.24. The molecule has 0 fully saturated rings. The molecule has 0 spiro atoms. The number of aromatic nitrogens is 1. The van der Waals surface area contributed by atoms with E-state index in [-0.39, 0.29) is 16.2 Å². The lowest BCUT2D eigenvalue weighted by atomic mass is 10.3. The maximum absolute atomic E-state index is 11.8. The highest BCUT2D eigenvalue weighted by Gasteiger charge is 2.21. The number of ether oxygens (including phenoxy) is 2. The summed E-state index contributed by atoms with van der Waals surface area (Å²) in [5.74, 6) is -1.17. The minimum atomic E-state index is -1.22. The smallest absolute Gasteiger partial charge is 0.356 e. The maximum atomic E-state index is 11.8. The van der Waals surface area contributed by atoms with Crippen LogP contribution in [0.3, 0.4) is 0 Å². The summed E-state index contributed by atoms with van der Waals surface area (Å²) in [5.41, 5.74) is -0.169. The van der Waals surface area contributed by atoms with Crippen LogP contribution in [0.1, 0.15) is 20.0 Å². The van der Waals surface area contributed by atoms with Crippen LogP contribution < -0.4 is 9.47 Å². The van der Waals surface area contributed by atoms with Crippen molar-refractivity contribution in [2.45, 2.75) is 0 Å². The van der Waals surface area contributed by atoms with E-state index in [4.69, 9.17) is 14.6 Å². The van der Waals surface area contributed by atoms with Gasteiger partial charge >= 0.3 is 11.9 Å². The third-order valence-corrected chi connectivity index (χ3v) is 3.02. The summed E-state index contributed by atoms with van der Waals surface area (Å²) in [6.07, 6.45) is 1.12. The molecule has 0 amide bonds. The van der Waals surface area contributed by atoms with Gasteiger partial charge in [0.05, 0.1) is 13.3 Å². The number of esters is 1. The molecule has 2 rings (SSSR count). The van der Waals surface area contributed by atoms with Crippen molar-refractivity contribution < 1.29 is 24.2 Å². The number of carbonyl (C=O) groups is 2. The van der Waals surface area contributed by atoms with Gasteiger partial charge in [-0.05, 0) is 23.7 Å². The molecule has 1 aromatic carbocycles. The van der Waals surface area contributed by atoms with Gasteiger partial charge in [0.1, 0.15) is 21.9 Å². The quantitative estimate of drug-likeness (QED) is 0.681. The molecular formula is C12H9NO5S. The van der Waals surface area contributed by atoms with Crippen LogP contribution in [-0.4, -0.2) is 28.5 Å². The SMILES string of the molecule is COc1cccc(OC(=O)c2sncc2C(=O)O)c1. The van der Waals surface area contributed by atoms with Crippen LogP contribution >= 0.6 is 11.5 Å². The van der Waals surface area contributed by atoms with E-state index >= 15 is 0 Å². The van der Waals surface area contributed by atoms with Gasteiger partial charge in [-0.3, -0.25) is 0 Å². The molecule has 0 unspecified atom stereocenters. The maximum Gasteiger partial charge on any atom is 0.356 e. The number of carbonyl (C=O) groups excluding carboxylic acids is 1. The molecule has 19 heavy (non-hydrogen) atoms. The Balaban J connectivity index is 2.20. The number of nitrogens with zero attached hydrogens (tertiary/aromatic N) is 1. The van der Waals surface area contributed by atoms with Crippen LogP contribution in [0.2, 0.25) is 0 Å². The number of carboxylic acid groups (broad SMARTS) is 1. The Morgan fingerprint density at radius 2 is 2.05 bits per heavy atom. The highest BCUT2D eigenvalue weighted by Crippen LogP contribution is 2.22. The Hall–Kier alpha value is -2.41. The molecular weight excluding hydrogens is 270 g/mol. The second-order valence-electron chi connectivity index (χ2n) is 3.44. The van der Waals surface area contributed by atoms with Crippen molar-refractivity contribution >= 4 is 23.5 Å². The molecule has 0 radical (unpaired) electrons. The minimum absolute atomic E-state index is 0.0460. The number of carboxylic acids is 1. The van der Waals surface area contributed by atoms with Crippen LogP contribution in [0, 0.1) is 0 Å². The molecule has 2 aromatic rings. The first-order chi connectivity index (χ1) is 9.11. The van der Waals surface area contributed by atoms with Crippen LogP contribution in [0.25, 0.3) is 0 Å². The van der Waals surface area contributed by atoms with E-state index in [9.17, 15) is 9.59 Å². The summed E-state index contributed by atoms with van der Waals surface area (Å²) in [7, 11) is 1.49. The number of hydrogen-bond acceptors (Lipinski definition) is 6. The number of rotatable bonds is 4. The zero-order valence-corrected chi connectivity index (χ0v) is 10.6. The van der Waals surface area contributed by atoms with Crippen molar-refractivity contribution in [2.24, 2.45) is 0 Å². The lowest BCUT2D eigenvalue weighted by Crippen LogP contribution is -2.11. The van der Waals surface area contributed by atoms with Gasteiger partial charge in [0.2, 0.25) is 0 Å². The summed E-state index contributed by atoms with van der Waals surface area (Å²) in [6.45, 7) is 0. The summed E-state index contributed by atoms with van der Waals surface area (Å²) < 4.78 is 13.7. The Morgan fingerprint density at radius 1 is 1.32 bits per heavy atom. The molecule has 0 atom stereocenters. The molecule has 0 saturated carbocycles. The molecule has 7 heteroatoms. The first-order valence-electron chi connectivity index (χ1n) is 5.16. The van der Waals surface area contributed by atoms with E-state index in [0.29, 0.717) is 5.75 Å². The van der Waals surface area contributed by atoms with Gasteiger partial charge in [-0.1, -0.05) is 6.07 Å². The van der Waals surface area contributed by atoms with E-state index in [1.54, 1.807) is 18.2 Å². The van der Waals surface area contributed by atoms with Gasteiger partial charge < -0.3 is 14.6 Å². The van der Waals surface area contributed by atoms with Gasteiger partial charge in [0, 0.05) is 6.07 Å². The summed E-state index contributed by atoms with van der Waals surface area (Å²) in [6, 6.07) is 6.46. The Morgan fingerprint density at radius 3 is 2.74 bits per heavy atom. The van der Waals surface area contributed by atoms with Gasteiger partial charge in [0.15, 0.2) is 0 Å². The number of methoxy groups -OCH3 is 1. The normalized spacial score (nSPS) is 9.95. The van der Waals surface area contributed by atoms with E-state index in [1.807, 2.05) is 0 Å². The van der Waals surface area contributed by atoms with Crippen molar-refractivity contribution in [3.8, 4) is 11.5 Å². The van der Waals surface area contributed by atoms with Gasteiger partial charge in [-0.2, -0.15) is 4.37 Å².